The van der Waals surface area contributed by atoms with Gasteiger partial charge in [0, 0.05) is 12.6 Å². The predicted octanol–water partition coefficient (Wildman–Crippen LogP) is 1.58. The summed E-state index contributed by atoms with van der Waals surface area (Å²) in [6.07, 6.45) is 5.22. The molecule has 1 aliphatic rings. The van der Waals surface area contributed by atoms with Crippen molar-refractivity contribution in [3.8, 4) is 0 Å². The number of benzene rings is 1. The zero-order valence-corrected chi connectivity index (χ0v) is 12.6. The van der Waals surface area contributed by atoms with Gasteiger partial charge in [-0.05, 0) is 37.8 Å². The monoisotopic (exact) mass is 290 g/mol. The Balaban J connectivity index is 1.63. The lowest BCUT2D eigenvalue weighted by Gasteiger charge is -2.33. The quantitative estimate of drug-likeness (QED) is 0.750. The van der Waals surface area contributed by atoms with Gasteiger partial charge in [-0.2, -0.15) is 0 Å². The van der Waals surface area contributed by atoms with Crippen molar-refractivity contribution in [2.45, 2.75) is 38.1 Å². The van der Waals surface area contributed by atoms with Gasteiger partial charge in [0.1, 0.15) is 0 Å². The standard InChI is InChI=1S/C17H26N2O2/c20-14-16-10-4-5-12-19(16)13-17(21)18-11-6-9-15-7-2-1-3-8-15/h1-3,7-8,16,20H,4-6,9-14H2,(H,18,21). The summed E-state index contributed by atoms with van der Waals surface area (Å²) in [5, 5.41) is 12.3. The summed E-state index contributed by atoms with van der Waals surface area (Å²) in [5.41, 5.74) is 1.31. The fourth-order valence-electron chi connectivity index (χ4n) is 2.88. The Bertz CT molecular complexity index is 422. The van der Waals surface area contributed by atoms with Crippen LogP contribution in [0.15, 0.2) is 30.3 Å². The number of aryl methyl sites for hydroxylation is 1. The van der Waals surface area contributed by atoms with Crippen molar-refractivity contribution in [2.75, 3.05) is 26.2 Å². The van der Waals surface area contributed by atoms with E-state index in [2.05, 4.69) is 22.3 Å². The van der Waals surface area contributed by atoms with E-state index in [0.29, 0.717) is 13.1 Å². The van der Waals surface area contributed by atoms with Crippen LogP contribution in [0.2, 0.25) is 0 Å². The molecule has 21 heavy (non-hydrogen) atoms. The van der Waals surface area contributed by atoms with Crippen molar-refractivity contribution in [3.63, 3.8) is 0 Å². The van der Waals surface area contributed by atoms with Crippen LogP contribution in [0, 0.1) is 0 Å². The average molecular weight is 290 g/mol. The second kappa shape index (κ2) is 8.80. The first-order valence-electron chi connectivity index (χ1n) is 7.95. The average Bonchev–Trinajstić information content (AvgIpc) is 2.53. The third-order valence-corrected chi connectivity index (χ3v) is 4.11. The number of piperidine rings is 1. The molecule has 2 rings (SSSR count). The van der Waals surface area contributed by atoms with Gasteiger partial charge in [-0.15, -0.1) is 0 Å². The Morgan fingerprint density at radius 3 is 2.86 bits per heavy atom. The number of aliphatic hydroxyl groups is 1. The van der Waals surface area contributed by atoms with Crippen LogP contribution in [-0.2, 0) is 11.2 Å². The molecule has 4 heteroatoms. The number of carbonyl (C=O) groups excluding carboxylic acids is 1. The van der Waals surface area contributed by atoms with Crippen LogP contribution in [-0.4, -0.2) is 48.2 Å². The Morgan fingerprint density at radius 1 is 1.29 bits per heavy atom. The highest BCUT2D eigenvalue weighted by Crippen LogP contribution is 2.15. The third-order valence-electron chi connectivity index (χ3n) is 4.11. The van der Waals surface area contributed by atoms with E-state index in [4.69, 9.17) is 0 Å². The molecule has 1 amide bonds. The number of hydrogen-bond acceptors (Lipinski definition) is 3. The molecule has 0 radical (unpaired) electrons. The number of amides is 1. The highest BCUT2D eigenvalue weighted by Gasteiger charge is 2.23. The number of rotatable bonds is 7. The van der Waals surface area contributed by atoms with Crippen molar-refractivity contribution in [1.82, 2.24) is 10.2 Å². The van der Waals surface area contributed by atoms with E-state index in [1.165, 1.54) is 5.56 Å². The van der Waals surface area contributed by atoms with Crippen LogP contribution in [0.4, 0.5) is 0 Å². The van der Waals surface area contributed by atoms with E-state index in [1.807, 2.05) is 18.2 Å². The molecule has 116 valence electrons. The maximum absolute atomic E-state index is 11.9. The molecule has 0 bridgehead atoms. The maximum atomic E-state index is 11.9. The van der Waals surface area contributed by atoms with Crippen molar-refractivity contribution >= 4 is 5.91 Å². The van der Waals surface area contributed by atoms with E-state index in [-0.39, 0.29) is 18.6 Å². The minimum absolute atomic E-state index is 0.0726. The van der Waals surface area contributed by atoms with Crippen LogP contribution in [0.5, 0.6) is 0 Å². The molecule has 1 aliphatic heterocycles. The molecule has 1 heterocycles. The summed E-state index contributed by atoms with van der Waals surface area (Å²) in [6.45, 7) is 2.20. The summed E-state index contributed by atoms with van der Waals surface area (Å²) in [5.74, 6) is 0.0726. The molecule has 0 aromatic heterocycles. The molecule has 2 N–H and O–H groups in total. The number of likely N-dealkylation sites (tertiary alicyclic amines) is 1. The predicted molar refractivity (Wildman–Crippen MR) is 84.1 cm³/mol. The highest BCUT2D eigenvalue weighted by atomic mass is 16.3. The van der Waals surface area contributed by atoms with E-state index < -0.39 is 0 Å². The van der Waals surface area contributed by atoms with Crippen molar-refractivity contribution < 1.29 is 9.90 Å². The number of nitrogens with one attached hydrogen (secondary N) is 1. The smallest absolute Gasteiger partial charge is 0.234 e. The first-order chi connectivity index (χ1) is 10.3. The molecule has 4 nitrogen and oxygen atoms in total. The summed E-state index contributed by atoms with van der Waals surface area (Å²) in [6, 6.07) is 10.5. The highest BCUT2D eigenvalue weighted by molar-refractivity contribution is 5.78. The summed E-state index contributed by atoms with van der Waals surface area (Å²) in [7, 11) is 0. The number of aliphatic hydroxyl groups excluding tert-OH is 1. The molecule has 1 saturated heterocycles. The summed E-state index contributed by atoms with van der Waals surface area (Å²) < 4.78 is 0. The molecule has 1 unspecified atom stereocenters. The van der Waals surface area contributed by atoms with E-state index in [1.54, 1.807) is 0 Å². The molecule has 0 spiro atoms. The Kier molecular flexibility index (Phi) is 6.70. The molecule has 0 aliphatic carbocycles. The van der Waals surface area contributed by atoms with Gasteiger partial charge in [0.2, 0.25) is 5.91 Å². The fraction of sp³-hybridized carbons (Fsp3) is 0.588. The summed E-state index contributed by atoms with van der Waals surface area (Å²) >= 11 is 0. The van der Waals surface area contributed by atoms with Gasteiger partial charge in [-0.25, -0.2) is 0 Å². The molecular weight excluding hydrogens is 264 g/mol. The lowest BCUT2D eigenvalue weighted by Crippen LogP contribution is -2.47. The lowest BCUT2D eigenvalue weighted by atomic mass is 10.0. The maximum Gasteiger partial charge on any atom is 0.234 e. The molecule has 0 saturated carbocycles. The van der Waals surface area contributed by atoms with Crippen LogP contribution < -0.4 is 5.32 Å². The Hall–Kier alpha value is -1.39. The minimum Gasteiger partial charge on any atom is -0.395 e. The lowest BCUT2D eigenvalue weighted by molar-refractivity contribution is -0.123. The van der Waals surface area contributed by atoms with Gasteiger partial charge in [0.15, 0.2) is 0 Å². The molecular formula is C17H26N2O2. The summed E-state index contributed by atoms with van der Waals surface area (Å²) in [4.78, 5) is 14.1. The fourth-order valence-corrected chi connectivity index (χ4v) is 2.88. The first kappa shape index (κ1) is 16.0. The Morgan fingerprint density at radius 2 is 2.10 bits per heavy atom. The largest absolute Gasteiger partial charge is 0.395 e. The first-order valence-corrected chi connectivity index (χ1v) is 7.95. The topological polar surface area (TPSA) is 52.6 Å². The van der Waals surface area contributed by atoms with E-state index in [0.717, 1.165) is 38.6 Å². The van der Waals surface area contributed by atoms with Gasteiger partial charge >= 0.3 is 0 Å². The SMILES string of the molecule is O=C(CN1CCCCC1CO)NCCCc1ccccc1. The van der Waals surface area contributed by atoms with Crippen LogP contribution >= 0.6 is 0 Å². The van der Waals surface area contributed by atoms with Crippen molar-refractivity contribution in [2.24, 2.45) is 0 Å². The normalized spacial score (nSPS) is 19.4. The van der Waals surface area contributed by atoms with Gasteiger partial charge in [-0.1, -0.05) is 36.8 Å². The van der Waals surface area contributed by atoms with Gasteiger partial charge in [0.25, 0.3) is 0 Å². The number of hydrogen-bond donors (Lipinski definition) is 2. The second-order valence-electron chi connectivity index (χ2n) is 5.74. The molecule has 1 atom stereocenters. The van der Waals surface area contributed by atoms with Gasteiger partial charge in [0.05, 0.1) is 13.2 Å². The van der Waals surface area contributed by atoms with Gasteiger partial charge < -0.3 is 10.4 Å². The number of carbonyl (C=O) groups is 1. The number of nitrogens with zero attached hydrogens (tertiary/aromatic N) is 1. The minimum atomic E-state index is 0.0726. The molecule has 1 fully saturated rings. The van der Waals surface area contributed by atoms with E-state index >= 15 is 0 Å². The van der Waals surface area contributed by atoms with E-state index in [9.17, 15) is 9.90 Å². The van der Waals surface area contributed by atoms with Crippen molar-refractivity contribution in [3.05, 3.63) is 35.9 Å². The second-order valence-corrected chi connectivity index (χ2v) is 5.74. The molecule has 1 aromatic carbocycles. The van der Waals surface area contributed by atoms with Crippen molar-refractivity contribution in [1.29, 1.82) is 0 Å². The van der Waals surface area contributed by atoms with Crippen LogP contribution in [0.1, 0.15) is 31.2 Å². The Labute approximate surface area is 127 Å². The third kappa shape index (κ3) is 5.48. The molecule has 1 aromatic rings. The van der Waals surface area contributed by atoms with Crippen LogP contribution in [0.3, 0.4) is 0 Å². The van der Waals surface area contributed by atoms with Crippen LogP contribution in [0.25, 0.3) is 0 Å². The van der Waals surface area contributed by atoms with Gasteiger partial charge in [-0.3, -0.25) is 9.69 Å². The zero-order chi connectivity index (χ0) is 14.9. The zero-order valence-electron chi connectivity index (χ0n) is 12.6.